The molecule has 94 valence electrons. The SMILES string of the molecule is Cc1cnn(C)c1-c1nc(Cl)nc(C)c1[N+](=O)[O-]. The van der Waals surface area contributed by atoms with Gasteiger partial charge in [0.1, 0.15) is 5.69 Å². The van der Waals surface area contributed by atoms with Crippen molar-refractivity contribution >= 4 is 17.3 Å². The van der Waals surface area contributed by atoms with Crippen LogP contribution in [0.3, 0.4) is 0 Å². The van der Waals surface area contributed by atoms with Gasteiger partial charge in [0.05, 0.1) is 16.8 Å². The molecule has 2 rings (SSSR count). The number of hydrogen-bond donors (Lipinski definition) is 0. The summed E-state index contributed by atoms with van der Waals surface area (Å²) in [5.74, 6) is 0. The number of aromatic nitrogens is 4. The minimum Gasteiger partial charge on any atom is -0.266 e. The first-order valence-corrected chi connectivity index (χ1v) is 5.47. The Kier molecular flexibility index (Phi) is 3.00. The van der Waals surface area contributed by atoms with Crippen molar-refractivity contribution in [2.75, 3.05) is 0 Å². The second-order valence-corrected chi connectivity index (χ2v) is 4.17. The molecule has 0 N–H and O–H groups in total. The predicted molar refractivity (Wildman–Crippen MR) is 65.4 cm³/mol. The lowest BCUT2D eigenvalue weighted by molar-refractivity contribution is -0.385. The lowest BCUT2D eigenvalue weighted by Gasteiger charge is -2.06. The van der Waals surface area contributed by atoms with E-state index >= 15 is 0 Å². The molecule has 0 unspecified atom stereocenters. The van der Waals surface area contributed by atoms with Crippen LogP contribution in [0.2, 0.25) is 5.28 Å². The maximum atomic E-state index is 11.1. The molecular formula is C10H10ClN5O2. The zero-order valence-electron chi connectivity index (χ0n) is 10.0. The van der Waals surface area contributed by atoms with Crippen LogP contribution in [0, 0.1) is 24.0 Å². The van der Waals surface area contributed by atoms with E-state index in [1.54, 1.807) is 20.2 Å². The molecule has 0 fully saturated rings. The average molecular weight is 268 g/mol. The second kappa shape index (κ2) is 4.34. The van der Waals surface area contributed by atoms with Crippen LogP contribution >= 0.6 is 11.6 Å². The second-order valence-electron chi connectivity index (χ2n) is 3.83. The van der Waals surface area contributed by atoms with Gasteiger partial charge in [-0.3, -0.25) is 14.8 Å². The normalized spacial score (nSPS) is 10.7. The molecule has 0 bridgehead atoms. The Labute approximate surface area is 108 Å². The minimum atomic E-state index is -0.507. The Morgan fingerprint density at radius 1 is 1.39 bits per heavy atom. The summed E-state index contributed by atoms with van der Waals surface area (Å²) in [5, 5.41) is 15.1. The molecule has 7 nitrogen and oxygen atoms in total. The topological polar surface area (TPSA) is 86.7 Å². The molecule has 0 saturated carbocycles. The minimum absolute atomic E-state index is 0.0197. The molecule has 0 saturated heterocycles. The van der Waals surface area contributed by atoms with Crippen LogP contribution in [0.5, 0.6) is 0 Å². The zero-order chi connectivity index (χ0) is 13.4. The van der Waals surface area contributed by atoms with Crippen LogP contribution in [0.4, 0.5) is 5.69 Å². The zero-order valence-corrected chi connectivity index (χ0v) is 10.8. The third kappa shape index (κ3) is 1.92. The summed E-state index contributed by atoms with van der Waals surface area (Å²) >= 11 is 5.77. The summed E-state index contributed by atoms with van der Waals surface area (Å²) in [6.07, 6.45) is 1.62. The monoisotopic (exact) mass is 267 g/mol. The van der Waals surface area contributed by atoms with E-state index in [0.717, 1.165) is 5.56 Å². The summed E-state index contributed by atoms with van der Waals surface area (Å²) in [6.45, 7) is 3.33. The van der Waals surface area contributed by atoms with Crippen molar-refractivity contribution in [2.45, 2.75) is 13.8 Å². The first-order valence-electron chi connectivity index (χ1n) is 5.09. The van der Waals surface area contributed by atoms with Crippen LogP contribution in [0.25, 0.3) is 11.4 Å². The van der Waals surface area contributed by atoms with Crippen LogP contribution < -0.4 is 0 Å². The third-order valence-electron chi connectivity index (χ3n) is 2.56. The number of hydrogen-bond acceptors (Lipinski definition) is 5. The Bertz CT molecular complexity index is 618. The molecule has 0 aliphatic rings. The van der Waals surface area contributed by atoms with Gasteiger partial charge in [-0.25, -0.2) is 9.97 Å². The molecule has 0 radical (unpaired) electrons. The molecule has 8 heteroatoms. The van der Waals surface area contributed by atoms with E-state index in [0.29, 0.717) is 5.69 Å². The smallest absolute Gasteiger partial charge is 0.266 e. The number of rotatable bonds is 2. The molecule has 18 heavy (non-hydrogen) atoms. The molecule has 2 aromatic heterocycles. The largest absolute Gasteiger partial charge is 0.318 e. The predicted octanol–water partition coefficient (Wildman–Crippen LogP) is 2.06. The molecule has 0 aliphatic carbocycles. The van der Waals surface area contributed by atoms with Crippen LogP contribution in [0.15, 0.2) is 6.20 Å². The van der Waals surface area contributed by atoms with E-state index in [1.165, 1.54) is 11.6 Å². The van der Waals surface area contributed by atoms with Crippen LogP contribution in [-0.2, 0) is 7.05 Å². The fourth-order valence-electron chi connectivity index (χ4n) is 1.80. The van der Waals surface area contributed by atoms with E-state index in [1.807, 2.05) is 0 Å². The summed E-state index contributed by atoms with van der Waals surface area (Å²) in [7, 11) is 1.69. The molecule has 0 amide bonds. The van der Waals surface area contributed by atoms with Gasteiger partial charge in [-0.1, -0.05) is 0 Å². The van der Waals surface area contributed by atoms with Crippen molar-refractivity contribution in [3.05, 3.63) is 32.9 Å². The molecule has 2 heterocycles. The summed E-state index contributed by atoms with van der Waals surface area (Å²) in [5.41, 5.74) is 1.63. The number of halogens is 1. The van der Waals surface area contributed by atoms with Gasteiger partial charge >= 0.3 is 5.69 Å². The van der Waals surface area contributed by atoms with Crippen molar-refractivity contribution < 1.29 is 4.92 Å². The molecule has 0 atom stereocenters. The van der Waals surface area contributed by atoms with E-state index in [2.05, 4.69) is 15.1 Å². The van der Waals surface area contributed by atoms with Crippen molar-refractivity contribution in [3.63, 3.8) is 0 Å². The highest BCUT2D eigenvalue weighted by molar-refractivity contribution is 6.28. The van der Waals surface area contributed by atoms with Crippen molar-refractivity contribution in [1.29, 1.82) is 0 Å². The highest BCUT2D eigenvalue weighted by atomic mass is 35.5. The number of nitrogens with zero attached hydrogens (tertiary/aromatic N) is 5. The van der Waals surface area contributed by atoms with Crippen molar-refractivity contribution in [2.24, 2.45) is 7.05 Å². The van der Waals surface area contributed by atoms with Gasteiger partial charge in [-0.2, -0.15) is 5.10 Å². The van der Waals surface area contributed by atoms with Gasteiger partial charge in [-0.05, 0) is 31.0 Å². The van der Waals surface area contributed by atoms with Gasteiger partial charge < -0.3 is 0 Å². The third-order valence-corrected chi connectivity index (χ3v) is 2.73. The number of nitro groups is 1. The quantitative estimate of drug-likeness (QED) is 0.472. The van der Waals surface area contributed by atoms with E-state index in [-0.39, 0.29) is 22.4 Å². The molecule has 0 aromatic carbocycles. The van der Waals surface area contributed by atoms with Crippen molar-refractivity contribution in [3.8, 4) is 11.4 Å². The Hall–Kier alpha value is -2.02. The highest BCUT2D eigenvalue weighted by Gasteiger charge is 2.26. The van der Waals surface area contributed by atoms with Gasteiger partial charge in [-0.15, -0.1) is 0 Å². The standard InChI is InChI=1S/C10H10ClN5O2/c1-5-4-12-15(3)8(5)7-9(16(17)18)6(2)13-10(11)14-7/h4H,1-3H3. The van der Waals surface area contributed by atoms with E-state index in [9.17, 15) is 10.1 Å². The lowest BCUT2D eigenvalue weighted by Crippen LogP contribution is -2.04. The van der Waals surface area contributed by atoms with Gasteiger partial charge in [0.15, 0.2) is 5.69 Å². The van der Waals surface area contributed by atoms with Gasteiger partial charge in [0, 0.05) is 7.05 Å². The Morgan fingerprint density at radius 3 is 2.56 bits per heavy atom. The first-order chi connectivity index (χ1) is 8.41. The fraction of sp³-hybridized carbons (Fsp3) is 0.300. The molecular weight excluding hydrogens is 258 g/mol. The maximum absolute atomic E-state index is 11.1. The van der Waals surface area contributed by atoms with Gasteiger partial charge in [0.2, 0.25) is 5.28 Å². The maximum Gasteiger partial charge on any atom is 0.318 e. The van der Waals surface area contributed by atoms with E-state index < -0.39 is 4.92 Å². The molecule has 2 aromatic rings. The van der Waals surface area contributed by atoms with Crippen molar-refractivity contribution in [1.82, 2.24) is 19.7 Å². The number of aryl methyl sites for hydroxylation is 3. The highest BCUT2D eigenvalue weighted by Crippen LogP contribution is 2.32. The van der Waals surface area contributed by atoms with Crippen LogP contribution in [-0.4, -0.2) is 24.7 Å². The van der Waals surface area contributed by atoms with E-state index in [4.69, 9.17) is 11.6 Å². The van der Waals surface area contributed by atoms with Gasteiger partial charge in [0.25, 0.3) is 0 Å². The van der Waals surface area contributed by atoms with Crippen LogP contribution in [0.1, 0.15) is 11.3 Å². The lowest BCUT2D eigenvalue weighted by atomic mass is 10.1. The molecule has 0 spiro atoms. The summed E-state index contributed by atoms with van der Waals surface area (Å²) in [6, 6.07) is 0. The Morgan fingerprint density at radius 2 is 2.06 bits per heavy atom. The summed E-state index contributed by atoms with van der Waals surface area (Å²) in [4.78, 5) is 18.4. The Balaban J connectivity index is 2.82. The first kappa shape index (κ1) is 12.4. The summed E-state index contributed by atoms with van der Waals surface area (Å²) < 4.78 is 1.53. The molecule has 0 aliphatic heterocycles. The average Bonchev–Trinajstić information content (AvgIpc) is 2.56. The fourth-order valence-corrected chi connectivity index (χ4v) is 2.02.